The molecule has 0 radical (unpaired) electrons. The Labute approximate surface area is 318 Å². The molecule has 0 fully saturated rings. The lowest BCUT2D eigenvalue weighted by Gasteiger charge is -2.21. The van der Waals surface area contributed by atoms with E-state index in [1.165, 1.54) is 22.3 Å². The molecule has 0 bridgehead atoms. The first-order valence-corrected chi connectivity index (χ1v) is 18.3. The maximum atomic E-state index is 5.10. The molecule has 10 rings (SSSR count). The fourth-order valence-electron chi connectivity index (χ4n) is 7.60. The molecule has 260 valence electrons. The summed E-state index contributed by atoms with van der Waals surface area (Å²) < 4.78 is 0. The van der Waals surface area contributed by atoms with Gasteiger partial charge in [-0.2, -0.15) is 0 Å². The fourth-order valence-corrected chi connectivity index (χ4v) is 7.60. The lowest BCUT2D eigenvalue weighted by molar-refractivity contribution is 0.660. The molecule has 0 spiro atoms. The first-order chi connectivity index (χ1) is 27.0. The van der Waals surface area contributed by atoms with E-state index in [9.17, 15) is 0 Å². The third-order valence-corrected chi connectivity index (χ3v) is 10.5. The van der Waals surface area contributed by atoms with Crippen molar-refractivity contribution in [1.82, 2.24) is 34.9 Å². The first kappa shape index (κ1) is 32.4. The zero-order valence-corrected chi connectivity index (χ0v) is 30.2. The van der Waals surface area contributed by atoms with E-state index < -0.39 is 0 Å². The Bertz CT molecular complexity index is 2870. The number of rotatable bonds is 6. The second kappa shape index (κ2) is 13.0. The van der Waals surface area contributed by atoms with Gasteiger partial charge in [-0.1, -0.05) is 123 Å². The Morgan fingerprint density at radius 1 is 0.364 bits per heavy atom. The van der Waals surface area contributed by atoms with Crippen molar-refractivity contribution in [2.24, 2.45) is 0 Å². The quantitative estimate of drug-likeness (QED) is 0.170. The van der Waals surface area contributed by atoms with Crippen molar-refractivity contribution in [3.63, 3.8) is 0 Å². The highest BCUT2D eigenvalue weighted by molar-refractivity contribution is 5.88. The summed E-state index contributed by atoms with van der Waals surface area (Å²) in [4.78, 5) is 34.4. The molecule has 0 aliphatic heterocycles. The number of pyridine rings is 2. The van der Waals surface area contributed by atoms with E-state index in [-0.39, 0.29) is 5.41 Å². The van der Waals surface area contributed by atoms with Crippen molar-refractivity contribution in [1.29, 1.82) is 0 Å². The van der Waals surface area contributed by atoms with Crippen molar-refractivity contribution >= 4 is 11.0 Å². The minimum atomic E-state index is -0.133. The van der Waals surface area contributed by atoms with Crippen LogP contribution in [0.3, 0.4) is 0 Å². The molecule has 4 aromatic heterocycles. The lowest BCUT2D eigenvalue weighted by atomic mass is 9.82. The SMILES string of the molecule is CC1(C)c2ccccc2-c2ccc(-c3nc(-c4ccccc4)nc(-c4ccc(-c5ccc6nc(-c7ccccn7)c(-c7ccccn7)nc6c5)cc4)n3)cc21. The average molecular weight is 708 g/mol. The van der Waals surface area contributed by atoms with E-state index in [2.05, 4.69) is 103 Å². The number of hydrogen-bond donors (Lipinski definition) is 0. The molecule has 7 nitrogen and oxygen atoms in total. The Hall–Kier alpha value is -7.25. The Morgan fingerprint density at radius 2 is 0.891 bits per heavy atom. The predicted molar refractivity (Wildman–Crippen MR) is 219 cm³/mol. The molecule has 1 aliphatic carbocycles. The minimum absolute atomic E-state index is 0.133. The Kier molecular flexibility index (Phi) is 7.66. The molecule has 9 aromatic rings. The van der Waals surface area contributed by atoms with Gasteiger partial charge in [0.2, 0.25) is 0 Å². The highest BCUT2D eigenvalue weighted by atomic mass is 15.0. The van der Waals surface area contributed by atoms with Crippen molar-refractivity contribution < 1.29 is 0 Å². The molecular formula is C48H33N7. The van der Waals surface area contributed by atoms with E-state index in [0.29, 0.717) is 28.9 Å². The van der Waals surface area contributed by atoms with Gasteiger partial charge in [0.05, 0.1) is 22.4 Å². The normalized spacial score (nSPS) is 12.7. The van der Waals surface area contributed by atoms with Crippen LogP contribution in [0.1, 0.15) is 25.0 Å². The molecular weight excluding hydrogens is 675 g/mol. The first-order valence-electron chi connectivity index (χ1n) is 18.3. The van der Waals surface area contributed by atoms with E-state index in [1.54, 1.807) is 12.4 Å². The second-order valence-electron chi connectivity index (χ2n) is 14.2. The van der Waals surface area contributed by atoms with Crippen LogP contribution in [-0.2, 0) is 5.41 Å². The monoisotopic (exact) mass is 707 g/mol. The molecule has 0 N–H and O–H groups in total. The average Bonchev–Trinajstić information content (AvgIpc) is 3.49. The minimum Gasteiger partial charge on any atom is -0.255 e. The maximum absolute atomic E-state index is 5.10. The van der Waals surface area contributed by atoms with Crippen molar-refractivity contribution in [2.45, 2.75) is 19.3 Å². The summed E-state index contributed by atoms with van der Waals surface area (Å²) in [5.74, 6) is 1.89. The van der Waals surface area contributed by atoms with Crippen molar-refractivity contribution in [3.05, 3.63) is 175 Å². The number of fused-ring (bicyclic) bond motifs is 4. The summed E-state index contributed by atoms with van der Waals surface area (Å²) in [6, 6.07) is 51.5. The third-order valence-electron chi connectivity index (χ3n) is 10.5. The van der Waals surface area contributed by atoms with E-state index >= 15 is 0 Å². The molecule has 0 amide bonds. The van der Waals surface area contributed by atoms with Gasteiger partial charge in [0.15, 0.2) is 17.5 Å². The van der Waals surface area contributed by atoms with Gasteiger partial charge in [0, 0.05) is 34.5 Å². The van der Waals surface area contributed by atoms with Crippen LogP contribution in [0.2, 0.25) is 0 Å². The summed E-state index contributed by atoms with van der Waals surface area (Å²) in [6.07, 6.45) is 3.54. The molecule has 55 heavy (non-hydrogen) atoms. The third kappa shape index (κ3) is 5.74. The summed E-state index contributed by atoms with van der Waals surface area (Å²) in [7, 11) is 0. The van der Waals surface area contributed by atoms with Crippen molar-refractivity contribution in [3.8, 4) is 79.2 Å². The predicted octanol–water partition coefficient (Wildman–Crippen LogP) is 10.9. The Morgan fingerprint density at radius 3 is 1.56 bits per heavy atom. The van der Waals surface area contributed by atoms with Gasteiger partial charge in [-0.05, 0) is 75.8 Å². The lowest BCUT2D eigenvalue weighted by Crippen LogP contribution is -2.15. The molecule has 7 heteroatoms. The van der Waals surface area contributed by atoms with Gasteiger partial charge in [-0.3, -0.25) is 9.97 Å². The summed E-state index contributed by atoms with van der Waals surface area (Å²) in [5.41, 5.74) is 14.3. The number of nitrogens with zero attached hydrogens (tertiary/aromatic N) is 7. The van der Waals surface area contributed by atoms with Gasteiger partial charge >= 0.3 is 0 Å². The zero-order chi connectivity index (χ0) is 36.9. The van der Waals surface area contributed by atoms with Crippen LogP contribution in [0, 0.1) is 0 Å². The van der Waals surface area contributed by atoms with Crippen LogP contribution < -0.4 is 0 Å². The van der Waals surface area contributed by atoms with Crippen LogP contribution >= 0.6 is 0 Å². The molecule has 0 unspecified atom stereocenters. The molecule has 4 heterocycles. The number of benzene rings is 5. The summed E-state index contributed by atoms with van der Waals surface area (Å²) in [5, 5.41) is 0. The van der Waals surface area contributed by atoms with Gasteiger partial charge in [0.25, 0.3) is 0 Å². The summed E-state index contributed by atoms with van der Waals surface area (Å²) in [6.45, 7) is 4.58. The summed E-state index contributed by atoms with van der Waals surface area (Å²) >= 11 is 0. The van der Waals surface area contributed by atoms with Gasteiger partial charge < -0.3 is 0 Å². The Balaban J connectivity index is 1.03. The highest BCUT2D eigenvalue weighted by Gasteiger charge is 2.35. The standard InChI is InChI=1S/C48H33N7/c1-48(2)37-15-7-6-14-35(37)36-24-22-34(28-38(36)48)47-54-45(31-12-4-3-5-13-31)53-46(55-47)32-20-18-30(19-21-32)33-23-25-39-42(29-33)52-44(41-17-9-11-27-50-41)43(51-39)40-16-8-10-26-49-40/h3-29H,1-2H3. The van der Waals surface area contributed by atoms with Crippen LogP contribution in [0.4, 0.5) is 0 Å². The fraction of sp³-hybridized carbons (Fsp3) is 0.0625. The van der Waals surface area contributed by atoms with Crippen molar-refractivity contribution in [2.75, 3.05) is 0 Å². The molecule has 0 saturated heterocycles. The molecule has 0 saturated carbocycles. The van der Waals surface area contributed by atoms with E-state index in [1.807, 2.05) is 72.8 Å². The van der Waals surface area contributed by atoms with Crippen LogP contribution in [0.15, 0.2) is 164 Å². The molecule has 1 aliphatic rings. The number of hydrogen-bond acceptors (Lipinski definition) is 7. The topological polar surface area (TPSA) is 90.2 Å². The second-order valence-corrected chi connectivity index (χ2v) is 14.2. The molecule has 5 aromatic carbocycles. The van der Waals surface area contributed by atoms with E-state index in [0.717, 1.165) is 50.2 Å². The van der Waals surface area contributed by atoms with Crippen LogP contribution in [-0.4, -0.2) is 34.9 Å². The zero-order valence-electron chi connectivity index (χ0n) is 30.2. The van der Waals surface area contributed by atoms with E-state index in [4.69, 9.17) is 24.9 Å². The number of aromatic nitrogens is 7. The van der Waals surface area contributed by atoms with Crippen LogP contribution in [0.25, 0.3) is 90.2 Å². The largest absolute Gasteiger partial charge is 0.255 e. The van der Waals surface area contributed by atoms with Gasteiger partial charge in [-0.25, -0.2) is 24.9 Å². The maximum Gasteiger partial charge on any atom is 0.164 e. The smallest absolute Gasteiger partial charge is 0.164 e. The molecule has 0 atom stereocenters. The van der Waals surface area contributed by atoms with Crippen LogP contribution in [0.5, 0.6) is 0 Å². The highest BCUT2D eigenvalue weighted by Crippen LogP contribution is 2.49. The van der Waals surface area contributed by atoms with Gasteiger partial charge in [0.1, 0.15) is 11.4 Å². The van der Waals surface area contributed by atoms with Gasteiger partial charge in [-0.15, -0.1) is 0 Å².